The summed E-state index contributed by atoms with van der Waals surface area (Å²) >= 11 is 0. The number of carboxylic acid groups (broad SMARTS) is 1. The molecule has 20 heavy (non-hydrogen) atoms. The molecule has 0 aliphatic rings. The van der Waals surface area contributed by atoms with Gasteiger partial charge in [0.1, 0.15) is 6.04 Å². The van der Waals surface area contributed by atoms with Gasteiger partial charge >= 0.3 is 5.97 Å². The Morgan fingerprint density at radius 1 is 1.30 bits per heavy atom. The molecular formula is C15H22N2O3. The molecule has 0 aliphatic carbocycles. The van der Waals surface area contributed by atoms with E-state index in [0.29, 0.717) is 13.0 Å². The summed E-state index contributed by atoms with van der Waals surface area (Å²) in [6.07, 6.45) is 2.28. The van der Waals surface area contributed by atoms with Gasteiger partial charge in [-0.25, -0.2) is 4.79 Å². The largest absolute Gasteiger partial charge is 0.480 e. The normalized spacial score (nSPS) is 11.9. The van der Waals surface area contributed by atoms with Crippen molar-refractivity contribution in [2.24, 2.45) is 5.73 Å². The highest BCUT2D eigenvalue weighted by atomic mass is 16.4. The number of carbonyl (C=O) groups is 2. The third-order valence-corrected chi connectivity index (χ3v) is 3.17. The molecule has 5 nitrogen and oxygen atoms in total. The van der Waals surface area contributed by atoms with Crippen molar-refractivity contribution >= 4 is 11.9 Å². The van der Waals surface area contributed by atoms with E-state index in [9.17, 15) is 9.59 Å². The van der Waals surface area contributed by atoms with Gasteiger partial charge in [0.05, 0.1) is 6.42 Å². The molecule has 0 saturated carbocycles. The molecule has 0 bridgehead atoms. The lowest BCUT2D eigenvalue weighted by Gasteiger charge is -2.15. The molecule has 1 atom stereocenters. The van der Waals surface area contributed by atoms with E-state index in [-0.39, 0.29) is 12.3 Å². The topological polar surface area (TPSA) is 92.4 Å². The number of hydrogen-bond acceptors (Lipinski definition) is 3. The van der Waals surface area contributed by atoms with Crippen molar-refractivity contribution in [2.75, 3.05) is 0 Å². The van der Waals surface area contributed by atoms with Crippen LogP contribution in [-0.2, 0) is 22.6 Å². The molecule has 0 aromatic heterocycles. The Kier molecular flexibility index (Phi) is 6.73. The maximum atomic E-state index is 11.9. The second-order valence-corrected chi connectivity index (χ2v) is 4.75. The van der Waals surface area contributed by atoms with Crippen molar-refractivity contribution in [3.63, 3.8) is 0 Å². The number of carbonyl (C=O) groups excluding carboxylic acids is 1. The molecule has 0 heterocycles. The second kappa shape index (κ2) is 8.32. The smallest absolute Gasteiger partial charge is 0.326 e. The Bertz CT molecular complexity index is 460. The standard InChI is InChI=1S/C15H22N2O3/c1-2-3-8-13(15(19)20)17-14(18)9-11-6-4-5-7-12(11)10-16/h4-7,13H,2-3,8-10,16H2,1H3,(H,17,18)(H,19,20). The number of rotatable bonds is 8. The lowest BCUT2D eigenvalue weighted by molar-refractivity contribution is -0.142. The van der Waals surface area contributed by atoms with Crippen molar-refractivity contribution in [1.82, 2.24) is 5.32 Å². The predicted octanol–water partition coefficient (Wildman–Crippen LogP) is 1.45. The van der Waals surface area contributed by atoms with Crippen LogP contribution in [0.3, 0.4) is 0 Å². The second-order valence-electron chi connectivity index (χ2n) is 4.75. The summed E-state index contributed by atoms with van der Waals surface area (Å²) in [7, 11) is 0. The molecule has 1 aromatic rings. The molecule has 110 valence electrons. The average molecular weight is 278 g/mol. The van der Waals surface area contributed by atoms with Gasteiger partial charge in [-0.3, -0.25) is 4.79 Å². The van der Waals surface area contributed by atoms with Gasteiger partial charge in [0.2, 0.25) is 5.91 Å². The molecule has 5 heteroatoms. The molecule has 1 unspecified atom stereocenters. The molecule has 0 aliphatic heterocycles. The minimum atomic E-state index is -0.987. The molecule has 0 fully saturated rings. The zero-order chi connectivity index (χ0) is 15.0. The summed E-state index contributed by atoms with van der Waals surface area (Å²) in [5.74, 6) is -1.27. The third kappa shape index (κ3) is 5.01. The van der Waals surface area contributed by atoms with Gasteiger partial charge in [0.25, 0.3) is 0 Å². The van der Waals surface area contributed by atoms with E-state index in [0.717, 1.165) is 24.0 Å². The van der Waals surface area contributed by atoms with Gasteiger partial charge in [-0.2, -0.15) is 0 Å². The number of carboxylic acids is 1. The number of hydrogen-bond donors (Lipinski definition) is 3. The number of amides is 1. The number of unbranched alkanes of at least 4 members (excludes halogenated alkanes) is 1. The Balaban J connectivity index is 2.63. The van der Waals surface area contributed by atoms with Crippen LogP contribution in [0.25, 0.3) is 0 Å². The Hall–Kier alpha value is -1.88. The lowest BCUT2D eigenvalue weighted by Crippen LogP contribution is -2.41. The summed E-state index contributed by atoms with van der Waals surface area (Å²) in [5, 5.41) is 11.7. The van der Waals surface area contributed by atoms with Gasteiger partial charge in [0, 0.05) is 6.54 Å². The highest BCUT2D eigenvalue weighted by Crippen LogP contribution is 2.09. The zero-order valence-electron chi connectivity index (χ0n) is 11.8. The Morgan fingerprint density at radius 2 is 1.95 bits per heavy atom. The van der Waals surface area contributed by atoms with Crippen LogP contribution >= 0.6 is 0 Å². The summed E-state index contributed by atoms with van der Waals surface area (Å²) in [4.78, 5) is 23.0. The van der Waals surface area contributed by atoms with Crippen LogP contribution < -0.4 is 11.1 Å². The molecule has 4 N–H and O–H groups in total. The Morgan fingerprint density at radius 3 is 2.50 bits per heavy atom. The van der Waals surface area contributed by atoms with Gasteiger partial charge in [-0.15, -0.1) is 0 Å². The maximum absolute atomic E-state index is 11.9. The maximum Gasteiger partial charge on any atom is 0.326 e. The van der Waals surface area contributed by atoms with Crippen molar-refractivity contribution in [3.05, 3.63) is 35.4 Å². The fourth-order valence-corrected chi connectivity index (χ4v) is 2.01. The van der Waals surface area contributed by atoms with Gasteiger partial charge < -0.3 is 16.2 Å². The summed E-state index contributed by atoms with van der Waals surface area (Å²) in [6.45, 7) is 2.35. The average Bonchev–Trinajstić information content (AvgIpc) is 2.43. The van der Waals surface area contributed by atoms with Crippen LogP contribution in [0.5, 0.6) is 0 Å². The molecule has 0 radical (unpaired) electrons. The van der Waals surface area contributed by atoms with Crippen molar-refractivity contribution in [1.29, 1.82) is 0 Å². The van der Waals surface area contributed by atoms with E-state index in [1.165, 1.54) is 0 Å². The number of nitrogens with two attached hydrogens (primary N) is 1. The van der Waals surface area contributed by atoms with Crippen molar-refractivity contribution in [2.45, 2.75) is 45.2 Å². The van der Waals surface area contributed by atoms with Crippen LogP contribution in [0.4, 0.5) is 0 Å². The highest BCUT2D eigenvalue weighted by Gasteiger charge is 2.19. The first kappa shape index (κ1) is 16.2. The van der Waals surface area contributed by atoms with Gasteiger partial charge in [0.15, 0.2) is 0 Å². The van der Waals surface area contributed by atoms with Crippen LogP contribution in [0.1, 0.15) is 37.3 Å². The van der Waals surface area contributed by atoms with Gasteiger partial charge in [-0.05, 0) is 17.5 Å². The van der Waals surface area contributed by atoms with Crippen LogP contribution in [0.2, 0.25) is 0 Å². The molecule has 1 amide bonds. The predicted molar refractivity (Wildman–Crippen MR) is 77.1 cm³/mol. The number of nitrogens with one attached hydrogen (secondary N) is 1. The minimum absolute atomic E-state index is 0.156. The number of benzene rings is 1. The molecule has 0 spiro atoms. The third-order valence-electron chi connectivity index (χ3n) is 3.17. The van der Waals surface area contributed by atoms with Crippen LogP contribution in [-0.4, -0.2) is 23.0 Å². The van der Waals surface area contributed by atoms with Crippen molar-refractivity contribution in [3.8, 4) is 0 Å². The summed E-state index contributed by atoms with van der Waals surface area (Å²) in [5.41, 5.74) is 7.36. The lowest BCUT2D eigenvalue weighted by atomic mass is 10.0. The van der Waals surface area contributed by atoms with Crippen LogP contribution in [0, 0.1) is 0 Å². The quantitative estimate of drug-likeness (QED) is 0.671. The van der Waals surface area contributed by atoms with E-state index >= 15 is 0 Å². The van der Waals surface area contributed by atoms with E-state index in [2.05, 4.69) is 5.32 Å². The summed E-state index contributed by atoms with van der Waals surface area (Å²) in [6, 6.07) is 6.60. The van der Waals surface area contributed by atoms with E-state index in [4.69, 9.17) is 10.8 Å². The van der Waals surface area contributed by atoms with Crippen LogP contribution in [0.15, 0.2) is 24.3 Å². The minimum Gasteiger partial charge on any atom is -0.480 e. The molecular weight excluding hydrogens is 256 g/mol. The summed E-state index contributed by atoms with van der Waals surface area (Å²) < 4.78 is 0. The first-order valence-corrected chi connectivity index (χ1v) is 6.87. The Labute approximate surface area is 119 Å². The highest BCUT2D eigenvalue weighted by molar-refractivity contribution is 5.85. The zero-order valence-corrected chi connectivity index (χ0v) is 11.8. The van der Waals surface area contributed by atoms with E-state index in [1.807, 2.05) is 31.2 Å². The number of aliphatic carboxylic acids is 1. The first-order chi connectivity index (χ1) is 9.58. The van der Waals surface area contributed by atoms with Gasteiger partial charge in [-0.1, -0.05) is 44.0 Å². The fourth-order valence-electron chi connectivity index (χ4n) is 2.01. The first-order valence-electron chi connectivity index (χ1n) is 6.87. The molecule has 0 saturated heterocycles. The molecule has 1 aromatic carbocycles. The monoisotopic (exact) mass is 278 g/mol. The van der Waals surface area contributed by atoms with Crippen molar-refractivity contribution < 1.29 is 14.7 Å². The molecule has 1 rings (SSSR count). The van der Waals surface area contributed by atoms with E-state index < -0.39 is 12.0 Å². The van der Waals surface area contributed by atoms with E-state index in [1.54, 1.807) is 0 Å². The SMILES string of the molecule is CCCCC(NC(=O)Cc1ccccc1CN)C(=O)O. The fraction of sp³-hybridized carbons (Fsp3) is 0.467.